The van der Waals surface area contributed by atoms with Crippen LogP contribution in [0.25, 0.3) is 16.7 Å². The van der Waals surface area contributed by atoms with Gasteiger partial charge in [0.15, 0.2) is 17.9 Å². The largest absolute Gasteiger partial charge is 0.365 e. The molecule has 4 aliphatic rings. The fraction of sp³-hybridized carbons (Fsp3) is 0.481. The molecule has 2 aromatic rings. The molecule has 1 saturated carbocycles. The van der Waals surface area contributed by atoms with Crippen LogP contribution in [0.1, 0.15) is 56.5 Å². The Kier molecular flexibility index (Phi) is 6.03. The standard InChI is InChI=1S/C27H33F2N7/c1-3-35-11-10-22-17(15-35)8-9-24(32-22)33-27-30-14-21(29)25(34-27)18-12-20(28)26-23(13-18)36(16(2)31-26)19-6-4-5-7-19/h8-9,12-14,19,22,27,32-34H,3-7,10-11,15H2,1-2H3. The molecule has 1 saturated heterocycles. The quantitative estimate of drug-likeness (QED) is 0.581. The molecule has 7 nitrogen and oxygen atoms in total. The van der Waals surface area contributed by atoms with Crippen molar-refractivity contribution in [3.8, 4) is 0 Å². The van der Waals surface area contributed by atoms with Gasteiger partial charge in [-0.3, -0.25) is 4.90 Å². The van der Waals surface area contributed by atoms with Gasteiger partial charge < -0.3 is 20.5 Å². The van der Waals surface area contributed by atoms with Crippen molar-refractivity contribution in [1.82, 2.24) is 30.4 Å². The van der Waals surface area contributed by atoms with Crippen LogP contribution in [0.15, 0.2) is 46.5 Å². The van der Waals surface area contributed by atoms with Gasteiger partial charge in [-0.15, -0.1) is 0 Å². The number of halogens is 2. The normalized spacial score (nSPS) is 24.9. The fourth-order valence-electron chi connectivity index (χ4n) is 5.99. The number of aryl methyl sites for hydroxylation is 1. The number of nitrogens with zero attached hydrogens (tertiary/aromatic N) is 4. The number of imidazole rings is 1. The van der Waals surface area contributed by atoms with Crippen LogP contribution >= 0.6 is 0 Å². The minimum Gasteiger partial charge on any atom is -0.365 e. The molecule has 3 aliphatic heterocycles. The molecule has 0 amide bonds. The van der Waals surface area contributed by atoms with Gasteiger partial charge in [-0.05, 0) is 56.5 Å². The zero-order chi connectivity index (χ0) is 24.8. The van der Waals surface area contributed by atoms with Crippen molar-refractivity contribution in [1.29, 1.82) is 0 Å². The molecule has 0 bridgehead atoms. The van der Waals surface area contributed by atoms with E-state index in [4.69, 9.17) is 0 Å². The number of hydrogen-bond donors (Lipinski definition) is 3. The van der Waals surface area contributed by atoms with Gasteiger partial charge in [-0.2, -0.15) is 0 Å². The summed E-state index contributed by atoms with van der Waals surface area (Å²) >= 11 is 0. The number of allylic oxidation sites excluding steroid dienone is 3. The molecule has 190 valence electrons. The van der Waals surface area contributed by atoms with Crippen LogP contribution in [0.5, 0.6) is 0 Å². The summed E-state index contributed by atoms with van der Waals surface area (Å²) in [6.07, 6.45) is 10.3. The Bertz CT molecular complexity index is 1300. The molecule has 4 heterocycles. The number of aromatic nitrogens is 2. The molecule has 0 radical (unpaired) electrons. The van der Waals surface area contributed by atoms with Gasteiger partial charge in [0.2, 0.25) is 0 Å². The van der Waals surface area contributed by atoms with Crippen molar-refractivity contribution in [2.45, 2.75) is 64.3 Å². The van der Waals surface area contributed by atoms with Gasteiger partial charge in [0.1, 0.15) is 17.2 Å². The third-order valence-corrected chi connectivity index (χ3v) is 7.88. The van der Waals surface area contributed by atoms with Crippen molar-refractivity contribution in [3.63, 3.8) is 0 Å². The summed E-state index contributed by atoms with van der Waals surface area (Å²) < 4.78 is 32.3. The monoisotopic (exact) mass is 493 g/mol. The molecule has 36 heavy (non-hydrogen) atoms. The summed E-state index contributed by atoms with van der Waals surface area (Å²) in [5.41, 5.74) is 3.12. The SMILES string of the molecule is CCN1CCC2NC(NC3N=CC(F)=C(c4cc(F)c5nc(C)n(C6CCCC6)c5c4)N3)=CC=C2C1. The Morgan fingerprint density at radius 3 is 2.75 bits per heavy atom. The second kappa shape index (κ2) is 9.35. The van der Waals surface area contributed by atoms with Gasteiger partial charge in [0, 0.05) is 24.7 Å². The number of likely N-dealkylation sites (N-methyl/N-ethyl adjacent to an activating group) is 1. The average Bonchev–Trinajstić information content (AvgIpc) is 3.52. The molecule has 1 aromatic carbocycles. The molecule has 1 aliphatic carbocycles. The number of likely N-dealkylation sites (tertiary alicyclic amines) is 1. The van der Waals surface area contributed by atoms with E-state index in [0.717, 1.165) is 68.9 Å². The number of aliphatic imine (C=N–C) groups is 1. The number of nitrogens with one attached hydrogen (secondary N) is 3. The highest BCUT2D eigenvalue weighted by Gasteiger charge is 2.28. The van der Waals surface area contributed by atoms with E-state index in [1.807, 2.05) is 19.1 Å². The molecular weight excluding hydrogens is 460 g/mol. The van der Waals surface area contributed by atoms with Gasteiger partial charge in [-0.1, -0.05) is 25.8 Å². The summed E-state index contributed by atoms with van der Waals surface area (Å²) in [4.78, 5) is 11.2. The van der Waals surface area contributed by atoms with E-state index in [9.17, 15) is 4.39 Å². The van der Waals surface area contributed by atoms with Crippen molar-refractivity contribution in [3.05, 3.63) is 58.7 Å². The van der Waals surface area contributed by atoms with E-state index in [2.05, 4.69) is 48.4 Å². The van der Waals surface area contributed by atoms with Crippen molar-refractivity contribution in [2.24, 2.45) is 4.99 Å². The lowest BCUT2D eigenvalue weighted by Gasteiger charge is -2.37. The molecule has 0 spiro atoms. The Balaban J connectivity index is 1.24. The number of rotatable bonds is 5. The van der Waals surface area contributed by atoms with E-state index >= 15 is 4.39 Å². The lowest BCUT2D eigenvalue weighted by atomic mass is 9.96. The minimum atomic E-state index is -0.579. The zero-order valence-electron chi connectivity index (χ0n) is 20.8. The first-order valence-electron chi connectivity index (χ1n) is 13.0. The van der Waals surface area contributed by atoms with Crippen molar-refractivity contribution >= 4 is 22.9 Å². The van der Waals surface area contributed by atoms with E-state index in [-0.39, 0.29) is 11.7 Å². The summed E-state index contributed by atoms with van der Waals surface area (Å²) in [6, 6.07) is 3.81. The van der Waals surface area contributed by atoms with Crippen LogP contribution < -0.4 is 16.0 Å². The van der Waals surface area contributed by atoms with Gasteiger partial charge in [-0.25, -0.2) is 18.8 Å². The maximum Gasteiger partial charge on any atom is 0.195 e. The van der Waals surface area contributed by atoms with Gasteiger partial charge >= 0.3 is 0 Å². The smallest absolute Gasteiger partial charge is 0.195 e. The van der Waals surface area contributed by atoms with Crippen LogP contribution in [-0.2, 0) is 0 Å². The van der Waals surface area contributed by atoms with Crippen molar-refractivity contribution < 1.29 is 8.78 Å². The topological polar surface area (TPSA) is 69.5 Å². The molecule has 3 N–H and O–H groups in total. The highest BCUT2D eigenvalue weighted by molar-refractivity contribution is 5.92. The van der Waals surface area contributed by atoms with Gasteiger partial charge in [0.05, 0.1) is 23.5 Å². The minimum absolute atomic E-state index is 0.226. The lowest BCUT2D eigenvalue weighted by Crippen LogP contribution is -2.50. The molecule has 1 aromatic heterocycles. The third-order valence-electron chi connectivity index (χ3n) is 7.88. The number of benzene rings is 1. The predicted octanol–water partition coefficient (Wildman–Crippen LogP) is 4.25. The molecular formula is C27H33F2N7. The first kappa shape index (κ1) is 23.2. The average molecular weight is 494 g/mol. The maximum atomic E-state index is 15.2. The van der Waals surface area contributed by atoms with E-state index < -0.39 is 17.9 Å². The Hall–Kier alpha value is -3.20. The number of piperidine rings is 1. The maximum absolute atomic E-state index is 15.2. The van der Waals surface area contributed by atoms with Crippen LogP contribution in [0.4, 0.5) is 8.78 Å². The summed E-state index contributed by atoms with van der Waals surface area (Å²) in [7, 11) is 0. The molecule has 2 unspecified atom stereocenters. The Morgan fingerprint density at radius 1 is 1.11 bits per heavy atom. The zero-order valence-corrected chi connectivity index (χ0v) is 20.8. The lowest BCUT2D eigenvalue weighted by molar-refractivity contribution is 0.254. The first-order chi connectivity index (χ1) is 17.5. The number of hydrogen-bond acceptors (Lipinski definition) is 6. The van der Waals surface area contributed by atoms with E-state index in [0.29, 0.717) is 17.1 Å². The first-order valence-corrected chi connectivity index (χ1v) is 13.0. The van der Waals surface area contributed by atoms with E-state index in [1.165, 1.54) is 17.9 Å². The summed E-state index contributed by atoms with van der Waals surface area (Å²) in [5.74, 6) is 0.675. The second-order valence-electron chi connectivity index (χ2n) is 10.2. The van der Waals surface area contributed by atoms with Crippen molar-refractivity contribution in [2.75, 3.05) is 19.6 Å². The summed E-state index contributed by atoms with van der Waals surface area (Å²) in [5, 5.41) is 10.00. The highest BCUT2D eigenvalue weighted by Crippen LogP contribution is 2.35. The van der Waals surface area contributed by atoms with Crippen LogP contribution in [0.2, 0.25) is 0 Å². The predicted molar refractivity (Wildman–Crippen MR) is 138 cm³/mol. The summed E-state index contributed by atoms with van der Waals surface area (Å²) in [6.45, 7) is 7.18. The molecule has 6 rings (SSSR count). The molecule has 9 heteroatoms. The highest BCUT2D eigenvalue weighted by atomic mass is 19.1. The van der Waals surface area contributed by atoms with Crippen LogP contribution in [-0.4, -0.2) is 52.6 Å². The molecule has 2 atom stereocenters. The van der Waals surface area contributed by atoms with E-state index in [1.54, 1.807) is 0 Å². The van der Waals surface area contributed by atoms with Crippen LogP contribution in [0.3, 0.4) is 0 Å². The van der Waals surface area contributed by atoms with Gasteiger partial charge in [0.25, 0.3) is 0 Å². The fourth-order valence-corrected chi connectivity index (χ4v) is 5.99. The Labute approximate surface area is 210 Å². The Morgan fingerprint density at radius 2 is 1.94 bits per heavy atom. The third kappa shape index (κ3) is 4.19. The number of fused-ring (bicyclic) bond motifs is 2. The van der Waals surface area contributed by atoms with Crippen LogP contribution in [0, 0.1) is 12.7 Å². The number of dihydropyridines is 1. The molecule has 2 fully saturated rings. The second-order valence-corrected chi connectivity index (χ2v) is 10.2.